The van der Waals surface area contributed by atoms with Gasteiger partial charge in [-0.1, -0.05) is 17.7 Å². The average Bonchev–Trinajstić information content (AvgIpc) is 3.50. The third-order valence-corrected chi connectivity index (χ3v) is 6.33. The summed E-state index contributed by atoms with van der Waals surface area (Å²) in [7, 11) is 0. The second-order valence-electron chi connectivity index (χ2n) is 9.45. The summed E-state index contributed by atoms with van der Waals surface area (Å²) in [6.45, 7) is 6.94. The molecule has 4 heterocycles. The number of carbonyl (C=O) groups is 2. The van der Waals surface area contributed by atoms with Crippen molar-refractivity contribution in [3.8, 4) is 11.3 Å². The van der Waals surface area contributed by atoms with Crippen LogP contribution in [0.5, 0.6) is 0 Å². The number of nitrogens with two attached hydrogens (primary N) is 1. The van der Waals surface area contributed by atoms with Crippen LogP contribution in [-0.4, -0.2) is 54.5 Å². The third kappa shape index (κ3) is 4.90. The number of anilines is 2. The van der Waals surface area contributed by atoms with Crippen molar-refractivity contribution in [1.29, 1.82) is 0 Å². The molecule has 0 aliphatic carbocycles. The first kappa shape index (κ1) is 24.1. The summed E-state index contributed by atoms with van der Waals surface area (Å²) in [6, 6.07) is 10.8. The fourth-order valence-corrected chi connectivity index (χ4v) is 4.50. The van der Waals surface area contributed by atoms with Crippen molar-refractivity contribution in [3.05, 3.63) is 71.7 Å². The van der Waals surface area contributed by atoms with Gasteiger partial charge in [0.15, 0.2) is 5.65 Å². The first-order valence-corrected chi connectivity index (χ1v) is 12.1. The first-order valence-electron chi connectivity index (χ1n) is 12.1. The van der Waals surface area contributed by atoms with Crippen molar-refractivity contribution in [2.45, 2.75) is 33.2 Å². The lowest BCUT2D eigenvalue weighted by molar-refractivity contribution is -0.125. The van der Waals surface area contributed by atoms with E-state index in [9.17, 15) is 9.59 Å². The van der Waals surface area contributed by atoms with Crippen molar-refractivity contribution in [2.75, 3.05) is 24.1 Å². The number of rotatable bonds is 5. The molecule has 0 saturated carbocycles. The average molecular weight is 497 g/mol. The number of fused-ring (bicyclic) bond motifs is 1. The Kier molecular flexibility index (Phi) is 6.39. The molecular weight excluding hydrogens is 468 g/mol. The van der Waals surface area contributed by atoms with E-state index in [1.165, 1.54) is 6.33 Å². The molecule has 1 fully saturated rings. The number of aryl methyl sites for hydroxylation is 1. The minimum absolute atomic E-state index is 0.00283. The number of amides is 2. The van der Waals surface area contributed by atoms with Crippen molar-refractivity contribution < 1.29 is 9.59 Å². The van der Waals surface area contributed by atoms with Gasteiger partial charge in [-0.05, 0) is 57.0 Å². The number of carbonyl (C=O) groups excluding carboxylic acids is 2. The Labute approximate surface area is 214 Å². The van der Waals surface area contributed by atoms with Crippen LogP contribution in [0, 0.1) is 6.92 Å². The largest absolute Gasteiger partial charge is 0.383 e. The molecule has 37 heavy (non-hydrogen) atoms. The number of nitrogen functional groups attached to an aromatic ring is 1. The van der Waals surface area contributed by atoms with Gasteiger partial charge in [0.05, 0.1) is 11.4 Å². The lowest BCUT2D eigenvalue weighted by Gasteiger charge is -2.15. The SMILES string of the molecule is CC(C)=CC(=O)N1CC[C@@H](n2nc(-c3ccc(C(=O)Nc4cc(C)ccn4)cc3)c3c(N)ncnc32)C1. The monoisotopic (exact) mass is 496 g/mol. The Morgan fingerprint density at radius 1 is 1.11 bits per heavy atom. The molecule has 1 aliphatic rings. The maximum Gasteiger partial charge on any atom is 0.256 e. The molecule has 3 aromatic heterocycles. The summed E-state index contributed by atoms with van der Waals surface area (Å²) in [4.78, 5) is 39.9. The van der Waals surface area contributed by atoms with E-state index in [-0.39, 0.29) is 17.9 Å². The fraction of sp³-hybridized carbons (Fsp3) is 0.259. The Hall–Kier alpha value is -4.60. The molecule has 0 radical (unpaired) electrons. The predicted molar refractivity (Wildman–Crippen MR) is 142 cm³/mol. The molecule has 2 amide bonds. The summed E-state index contributed by atoms with van der Waals surface area (Å²) in [5, 5.41) is 8.35. The van der Waals surface area contributed by atoms with Crippen LogP contribution in [0.3, 0.4) is 0 Å². The number of benzene rings is 1. The van der Waals surface area contributed by atoms with E-state index in [0.29, 0.717) is 47.0 Å². The van der Waals surface area contributed by atoms with Crippen LogP contribution in [0.4, 0.5) is 11.6 Å². The van der Waals surface area contributed by atoms with Crippen molar-refractivity contribution >= 4 is 34.5 Å². The summed E-state index contributed by atoms with van der Waals surface area (Å²) in [5.74, 6) is 0.574. The number of nitrogens with one attached hydrogen (secondary N) is 1. The Morgan fingerprint density at radius 2 is 1.89 bits per heavy atom. The van der Waals surface area contributed by atoms with E-state index >= 15 is 0 Å². The van der Waals surface area contributed by atoms with Gasteiger partial charge < -0.3 is 16.0 Å². The highest BCUT2D eigenvalue weighted by Crippen LogP contribution is 2.34. The van der Waals surface area contributed by atoms with Gasteiger partial charge in [-0.2, -0.15) is 5.10 Å². The molecule has 10 heteroatoms. The molecule has 1 aliphatic heterocycles. The van der Waals surface area contributed by atoms with Crippen LogP contribution >= 0.6 is 0 Å². The first-order chi connectivity index (χ1) is 17.8. The van der Waals surface area contributed by atoms with Gasteiger partial charge in [-0.3, -0.25) is 9.59 Å². The molecule has 1 atom stereocenters. The van der Waals surface area contributed by atoms with Crippen LogP contribution in [0.15, 0.2) is 60.6 Å². The van der Waals surface area contributed by atoms with E-state index < -0.39 is 0 Å². The normalized spacial score (nSPS) is 15.1. The minimum Gasteiger partial charge on any atom is -0.383 e. The van der Waals surface area contributed by atoms with Gasteiger partial charge in [0.25, 0.3) is 5.91 Å². The van der Waals surface area contributed by atoms with Crippen LogP contribution in [0.2, 0.25) is 0 Å². The predicted octanol–water partition coefficient (Wildman–Crippen LogP) is 3.77. The maximum absolute atomic E-state index is 12.7. The van der Waals surface area contributed by atoms with E-state index in [4.69, 9.17) is 10.8 Å². The van der Waals surface area contributed by atoms with Crippen molar-refractivity contribution in [2.24, 2.45) is 0 Å². The quantitative estimate of drug-likeness (QED) is 0.402. The molecule has 188 valence electrons. The number of hydrogen-bond donors (Lipinski definition) is 2. The lowest BCUT2D eigenvalue weighted by atomic mass is 10.1. The minimum atomic E-state index is -0.255. The van der Waals surface area contributed by atoms with Crippen molar-refractivity contribution in [1.82, 2.24) is 29.6 Å². The summed E-state index contributed by atoms with van der Waals surface area (Å²) >= 11 is 0. The van der Waals surface area contributed by atoms with E-state index in [1.807, 2.05) is 54.6 Å². The lowest BCUT2D eigenvalue weighted by Crippen LogP contribution is -2.27. The van der Waals surface area contributed by atoms with Gasteiger partial charge in [-0.15, -0.1) is 0 Å². The summed E-state index contributed by atoms with van der Waals surface area (Å²) in [5.41, 5.74) is 10.8. The highest BCUT2D eigenvalue weighted by molar-refractivity contribution is 6.04. The van der Waals surface area contributed by atoms with Gasteiger partial charge in [0.2, 0.25) is 5.91 Å². The summed E-state index contributed by atoms with van der Waals surface area (Å²) < 4.78 is 1.85. The summed E-state index contributed by atoms with van der Waals surface area (Å²) in [6.07, 6.45) is 5.49. The maximum atomic E-state index is 12.7. The highest BCUT2D eigenvalue weighted by atomic mass is 16.2. The van der Waals surface area contributed by atoms with Gasteiger partial charge in [0.1, 0.15) is 23.7 Å². The van der Waals surface area contributed by atoms with E-state index in [2.05, 4.69) is 20.3 Å². The number of pyridine rings is 1. The molecule has 1 saturated heterocycles. The van der Waals surface area contributed by atoms with Crippen molar-refractivity contribution in [3.63, 3.8) is 0 Å². The van der Waals surface area contributed by atoms with Gasteiger partial charge in [-0.25, -0.2) is 19.6 Å². The molecular formula is C27H28N8O2. The zero-order chi connectivity index (χ0) is 26.1. The molecule has 5 rings (SSSR count). The number of nitrogens with zero attached hydrogens (tertiary/aromatic N) is 6. The Morgan fingerprint density at radius 3 is 2.62 bits per heavy atom. The third-order valence-electron chi connectivity index (χ3n) is 6.33. The topological polar surface area (TPSA) is 132 Å². The Bertz CT molecular complexity index is 1520. The van der Waals surface area contributed by atoms with Crippen LogP contribution in [0.25, 0.3) is 22.3 Å². The smallest absolute Gasteiger partial charge is 0.256 e. The molecule has 10 nitrogen and oxygen atoms in total. The number of likely N-dealkylation sites (tertiary alicyclic amines) is 1. The number of allylic oxidation sites excluding steroid dienone is 1. The molecule has 0 spiro atoms. The van der Waals surface area contributed by atoms with Gasteiger partial charge in [0, 0.05) is 36.5 Å². The van der Waals surface area contributed by atoms with E-state index in [0.717, 1.165) is 23.1 Å². The van der Waals surface area contributed by atoms with E-state index in [1.54, 1.807) is 24.4 Å². The zero-order valence-electron chi connectivity index (χ0n) is 21.0. The Balaban J connectivity index is 1.43. The number of hydrogen-bond acceptors (Lipinski definition) is 7. The molecule has 4 aromatic rings. The molecule has 0 unspecified atom stereocenters. The van der Waals surface area contributed by atoms with Crippen LogP contribution < -0.4 is 11.1 Å². The fourth-order valence-electron chi connectivity index (χ4n) is 4.50. The second-order valence-corrected chi connectivity index (χ2v) is 9.45. The molecule has 1 aromatic carbocycles. The molecule has 3 N–H and O–H groups in total. The van der Waals surface area contributed by atoms with Crippen LogP contribution in [0.1, 0.15) is 42.2 Å². The standard InChI is InChI=1S/C27H28N8O2/c1-16(2)12-22(36)34-11-9-20(14-34)35-26-23(25(28)30-15-31-26)24(33-35)18-4-6-19(7-5-18)27(37)32-21-13-17(3)8-10-29-21/h4-8,10,12-13,15,20H,9,11,14H2,1-3H3,(H2,28,30,31)(H,29,32,37)/t20-/m1/s1. The van der Waals surface area contributed by atoms with Gasteiger partial charge >= 0.3 is 0 Å². The highest BCUT2D eigenvalue weighted by Gasteiger charge is 2.30. The zero-order valence-corrected chi connectivity index (χ0v) is 21.0. The number of aromatic nitrogens is 5. The second kappa shape index (κ2) is 9.81. The molecule has 0 bridgehead atoms. The van der Waals surface area contributed by atoms with Crippen LogP contribution in [-0.2, 0) is 4.79 Å².